The molecule has 60 valence electrons. The van der Waals surface area contributed by atoms with Gasteiger partial charge in [0.1, 0.15) is 0 Å². The van der Waals surface area contributed by atoms with Crippen LogP contribution in [0.15, 0.2) is 0 Å². The van der Waals surface area contributed by atoms with Crippen LogP contribution in [-0.2, 0) is 0 Å². The van der Waals surface area contributed by atoms with Crippen LogP contribution in [0.1, 0.15) is 19.8 Å². The monoisotopic (exact) mass is 159 g/mol. The zero-order valence-corrected chi connectivity index (χ0v) is 7.78. The fourth-order valence-electron chi connectivity index (χ4n) is 1.33. The summed E-state index contributed by atoms with van der Waals surface area (Å²) in [6.45, 7) is 3.44. The second kappa shape index (κ2) is 4.24. The molecule has 1 fully saturated rings. The van der Waals surface area contributed by atoms with Gasteiger partial charge < -0.3 is 4.90 Å². The molecule has 0 N–H and O–H groups in total. The summed E-state index contributed by atoms with van der Waals surface area (Å²) in [4.78, 5) is 2.46. The van der Waals surface area contributed by atoms with Crippen LogP contribution in [0.5, 0.6) is 0 Å². The summed E-state index contributed by atoms with van der Waals surface area (Å²) < 4.78 is 0. The van der Waals surface area contributed by atoms with Crippen LogP contribution in [0.3, 0.4) is 0 Å². The Morgan fingerprint density at radius 3 is 2.90 bits per heavy atom. The van der Waals surface area contributed by atoms with Gasteiger partial charge in [-0.1, -0.05) is 6.92 Å². The van der Waals surface area contributed by atoms with Gasteiger partial charge in [-0.15, -0.1) is 0 Å². The summed E-state index contributed by atoms with van der Waals surface area (Å²) in [5.41, 5.74) is 0. The molecule has 1 heterocycles. The van der Waals surface area contributed by atoms with E-state index in [1.54, 1.807) is 0 Å². The molecule has 1 rings (SSSR count). The van der Waals surface area contributed by atoms with Crippen LogP contribution in [0.2, 0.25) is 0 Å². The van der Waals surface area contributed by atoms with Gasteiger partial charge in [-0.3, -0.25) is 0 Å². The Morgan fingerprint density at radius 1 is 1.60 bits per heavy atom. The average molecular weight is 159 g/mol. The number of hydrogen-bond donors (Lipinski definition) is 0. The minimum atomic E-state index is 0.865. The first kappa shape index (κ1) is 8.41. The third-order valence-corrected chi connectivity index (χ3v) is 3.46. The van der Waals surface area contributed by atoms with E-state index in [9.17, 15) is 0 Å². The molecule has 0 amide bonds. The molecule has 0 aromatic rings. The number of nitrogens with zero attached hydrogens (tertiary/aromatic N) is 1. The first-order valence-electron chi connectivity index (χ1n) is 4.12. The maximum absolute atomic E-state index is 2.46. The summed E-state index contributed by atoms with van der Waals surface area (Å²) in [5, 5.41) is 0. The molecule has 0 spiro atoms. The Bertz CT molecular complexity index is 89.3. The lowest BCUT2D eigenvalue weighted by Gasteiger charge is -2.29. The summed E-state index contributed by atoms with van der Waals surface area (Å²) in [7, 11) is 2.23. The van der Waals surface area contributed by atoms with Crippen molar-refractivity contribution in [1.82, 2.24) is 4.90 Å². The molecule has 10 heavy (non-hydrogen) atoms. The molecular weight excluding hydrogens is 142 g/mol. The zero-order valence-electron chi connectivity index (χ0n) is 6.97. The number of thioether (sulfide) groups is 1. The van der Waals surface area contributed by atoms with Gasteiger partial charge in [-0.25, -0.2) is 0 Å². The van der Waals surface area contributed by atoms with Crippen LogP contribution in [-0.4, -0.2) is 36.0 Å². The summed E-state index contributed by atoms with van der Waals surface area (Å²) >= 11 is 2.11. The molecule has 1 aliphatic rings. The Hall–Kier alpha value is 0.310. The van der Waals surface area contributed by atoms with Crippen molar-refractivity contribution >= 4 is 11.8 Å². The van der Waals surface area contributed by atoms with Crippen LogP contribution >= 0.6 is 11.8 Å². The van der Waals surface area contributed by atoms with Crippen LogP contribution in [0.25, 0.3) is 0 Å². The van der Waals surface area contributed by atoms with Gasteiger partial charge in [0.05, 0.1) is 0 Å². The zero-order chi connectivity index (χ0) is 7.40. The molecule has 1 aliphatic heterocycles. The highest BCUT2D eigenvalue weighted by Gasteiger charge is 2.16. The van der Waals surface area contributed by atoms with E-state index >= 15 is 0 Å². The Labute approximate surface area is 68.2 Å². The highest BCUT2D eigenvalue weighted by atomic mass is 32.2. The predicted molar refractivity (Wildman–Crippen MR) is 48.7 cm³/mol. The van der Waals surface area contributed by atoms with E-state index < -0.39 is 0 Å². The van der Waals surface area contributed by atoms with Crippen LogP contribution < -0.4 is 0 Å². The van der Waals surface area contributed by atoms with E-state index in [1.807, 2.05) is 0 Å². The van der Waals surface area contributed by atoms with E-state index in [1.165, 1.54) is 30.9 Å². The number of hydrogen-bond acceptors (Lipinski definition) is 2. The molecule has 1 atom stereocenters. The highest BCUT2D eigenvalue weighted by Crippen LogP contribution is 2.20. The fourth-order valence-corrected chi connectivity index (χ4v) is 2.56. The van der Waals surface area contributed by atoms with Crippen LogP contribution in [0.4, 0.5) is 0 Å². The van der Waals surface area contributed by atoms with Gasteiger partial charge in [0.15, 0.2) is 0 Å². The lowest BCUT2D eigenvalue weighted by molar-refractivity contribution is 0.258. The van der Waals surface area contributed by atoms with E-state index in [-0.39, 0.29) is 0 Å². The van der Waals surface area contributed by atoms with E-state index in [4.69, 9.17) is 0 Å². The Balaban J connectivity index is 2.24. The quantitative estimate of drug-likeness (QED) is 0.605. The van der Waals surface area contributed by atoms with E-state index in [2.05, 4.69) is 30.6 Å². The maximum atomic E-state index is 2.46. The fraction of sp³-hybridized carbons (Fsp3) is 1.00. The van der Waals surface area contributed by atoms with Crippen molar-refractivity contribution in [1.29, 1.82) is 0 Å². The second-order valence-electron chi connectivity index (χ2n) is 2.94. The SMILES string of the molecule is CCN(C)C1CCCSC1. The third-order valence-electron chi connectivity index (χ3n) is 2.26. The lowest BCUT2D eigenvalue weighted by atomic mass is 10.1. The average Bonchev–Trinajstić information content (AvgIpc) is 2.05. The molecule has 1 unspecified atom stereocenters. The standard InChI is InChI=1S/C8H17NS/c1-3-9(2)8-5-4-6-10-7-8/h8H,3-7H2,1-2H3. The van der Waals surface area contributed by atoms with Gasteiger partial charge >= 0.3 is 0 Å². The first-order chi connectivity index (χ1) is 4.84. The lowest BCUT2D eigenvalue weighted by Crippen LogP contribution is -2.35. The van der Waals surface area contributed by atoms with Crippen molar-refractivity contribution in [3.63, 3.8) is 0 Å². The Kier molecular flexibility index (Phi) is 3.57. The highest BCUT2D eigenvalue weighted by molar-refractivity contribution is 7.99. The molecule has 0 saturated carbocycles. The summed E-state index contributed by atoms with van der Waals surface area (Å²) in [5.74, 6) is 2.73. The topological polar surface area (TPSA) is 3.24 Å². The first-order valence-corrected chi connectivity index (χ1v) is 5.28. The van der Waals surface area contributed by atoms with Crippen molar-refractivity contribution in [2.45, 2.75) is 25.8 Å². The van der Waals surface area contributed by atoms with Gasteiger partial charge in [0.25, 0.3) is 0 Å². The van der Waals surface area contributed by atoms with E-state index in [0.29, 0.717) is 0 Å². The summed E-state index contributed by atoms with van der Waals surface area (Å²) in [6.07, 6.45) is 2.83. The molecule has 1 saturated heterocycles. The van der Waals surface area contributed by atoms with Crippen molar-refractivity contribution in [2.24, 2.45) is 0 Å². The van der Waals surface area contributed by atoms with Gasteiger partial charge in [-0.2, -0.15) is 11.8 Å². The normalized spacial score (nSPS) is 27.3. The molecule has 0 bridgehead atoms. The minimum Gasteiger partial charge on any atom is -0.303 e. The largest absolute Gasteiger partial charge is 0.303 e. The van der Waals surface area contributed by atoms with Crippen molar-refractivity contribution in [2.75, 3.05) is 25.1 Å². The summed E-state index contributed by atoms with van der Waals surface area (Å²) in [6, 6.07) is 0.865. The van der Waals surface area contributed by atoms with E-state index in [0.717, 1.165) is 6.04 Å². The van der Waals surface area contributed by atoms with Crippen molar-refractivity contribution < 1.29 is 0 Å². The van der Waals surface area contributed by atoms with Gasteiger partial charge in [-0.05, 0) is 32.2 Å². The molecule has 0 aliphatic carbocycles. The predicted octanol–water partition coefficient (Wildman–Crippen LogP) is 1.83. The maximum Gasteiger partial charge on any atom is 0.0183 e. The number of rotatable bonds is 2. The van der Waals surface area contributed by atoms with Crippen molar-refractivity contribution in [3.05, 3.63) is 0 Å². The molecular formula is C8H17NS. The van der Waals surface area contributed by atoms with Gasteiger partial charge in [0.2, 0.25) is 0 Å². The molecule has 0 radical (unpaired) electrons. The smallest absolute Gasteiger partial charge is 0.0183 e. The van der Waals surface area contributed by atoms with Crippen molar-refractivity contribution in [3.8, 4) is 0 Å². The third kappa shape index (κ3) is 2.17. The molecule has 1 nitrogen and oxygen atoms in total. The second-order valence-corrected chi connectivity index (χ2v) is 4.09. The molecule has 2 heteroatoms. The Morgan fingerprint density at radius 2 is 2.40 bits per heavy atom. The molecule has 0 aromatic carbocycles. The minimum absolute atomic E-state index is 0.865. The van der Waals surface area contributed by atoms with Gasteiger partial charge in [0, 0.05) is 11.8 Å². The van der Waals surface area contributed by atoms with Crippen LogP contribution in [0, 0.1) is 0 Å². The molecule has 0 aromatic heterocycles.